The lowest BCUT2D eigenvalue weighted by atomic mass is 9.46. The SMILES string of the molecule is CC[C@@H]1C[C@H]2C[C@H](C)CC1CC21c2ccccc2C(c2ccccc2)(c2ccccc2)c2cc(N(c3ccccc3)c3ccc(-n4c5ccccc5c5ccccc54)cc3)ccc21. The number of aromatic nitrogens is 1. The topological polar surface area (TPSA) is 8.17 Å². The number of rotatable bonds is 7. The van der Waals surface area contributed by atoms with Crippen molar-refractivity contribution in [2.45, 2.75) is 56.8 Å². The molecule has 4 aliphatic rings. The molecular weight excluding hydrogens is 761 g/mol. The van der Waals surface area contributed by atoms with Crippen LogP contribution in [0.4, 0.5) is 17.1 Å². The van der Waals surface area contributed by atoms with Gasteiger partial charge in [-0.15, -0.1) is 0 Å². The highest BCUT2D eigenvalue weighted by atomic mass is 15.1. The molecule has 308 valence electrons. The number of benzene rings is 8. The van der Waals surface area contributed by atoms with Crippen LogP contribution >= 0.6 is 0 Å². The lowest BCUT2D eigenvalue weighted by Crippen LogP contribution is -2.51. The van der Waals surface area contributed by atoms with Gasteiger partial charge in [-0.3, -0.25) is 0 Å². The average molecular weight is 815 g/mol. The maximum Gasteiger partial charge on any atom is 0.0708 e. The highest BCUT2D eigenvalue weighted by Gasteiger charge is 2.59. The van der Waals surface area contributed by atoms with Gasteiger partial charge in [0, 0.05) is 38.9 Å². The number of para-hydroxylation sites is 3. The quantitative estimate of drug-likeness (QED) is 0.156. The summed E-state index contributed by atoms with van der Waals surface area (Å²) in [6, 6.07) is 78.0. The normalized spacial score (nSPS) is 22.1. The first kappa shape index (κ1) is 38.1. The Hall–Kier alpha value is -6.64. The van der Waals surface area contributed by atoms with Gasteiger partial charge in [-0.25, -0.2) is 0 Å². The van der Waals surface area contributed by atoms with Crippen molar-refractivity contribution in [3.8, 4) is 5.69 Å². The van der Waals surface area contributed by atoms with Crippen molar-refractivity contribution >= 4 is 38.9 Å². The van der Waals surface area contributed by atoms with Crippen LogP contribution < -0.4 is 4.90 Å². The van der Waals surface area contributed by atoms with E-state index in [2.05, 4.69) is 230 Å². The first-order valence-electron chi connectivity index (χ1n) is 23.4. The van der Waals surface area contributed by atoms with Gasteiger partial charge in [0.05, 0.1) is 16.4 Å². The molecule has 1 aromatic heterocycles. The highest BCUT2D eigenvalue weighted by Crippen LogP contribution is 2.66. The van der Waals surface area contributed by atoms with Gasteiger partial charge in [-0.1, -0.05) is 166 Å². The second-order valence-corrected chi connectivity index (χ2v) is 18.9. The van der Waals surface area contributed by atoms with E-state index in [1.807, 2.05) is 0 Å². The molecule has 0 aliphatic heterocycles. The molecule has 1 spiro atoms. The van der Waals surface area contributed by atoms with E-state index in [0.717, 1.165) is 28.9 Å². The fourth-order valence-electron chi connectivity index (χ4n) is 13.3. The molecule has 2 unspecified atom stereocenters. The largest absolute Gasteiger partial charge is 0.310 e. The van der Waals surface area contributed by atoms with E-state index in [9.17, 15) is 0 Å². The maximum absolute atomic E-state index is 2.61. The first-order chi connectivity index (χ1) is 31.1. The molecule has 3 fully saturated rings. The monoisotopic (exact) mass is 814 g/mol. The Balaban J connectivity index is 1.11. The Morgan fingerprint density at radius 2 is 1.02 bits per heavy atom. The summed E-state index contributed by atoms with van der Waals surface area (Å²) < 4.78 is 2.41. The summed E-state index contributed by atoms with van der Waals surface area (Å²) in [6.07, 6.45) is 6.41. The molecule has 3 saturated carbocycles. The summed E-state index contributed by atoms with van der Waals surface area (Å²) in [4.78, 5) is 2.48. The molecule has 13 rings (SSSR count). The van der Waals surface area contributed by atoms with E-state index >= 15 is 0 Å². The molecule has 0 N–H and O–H groups in total. The van der Waals surface area contributed by atoms with Crippen molar-refractivity contribution in [1.29, 1.82) is 0 Å². The van der Waals surface area contributed by atoms with E-state index in [1.165, 1.54) is 87.4 Å². The first-order valence-corrected chi connectivity index (χ1v) is 23.4. The van der Waals surface area contributed by atoms with Crippen LogP contribution in [-0.4, -0.2) is 4.57 Å². The Morgan fingerprint density at radius 1 is 0.492 bits per heavy atom. The van der Waals surface area contributed by atoms with Crippen LogP contribution in [0.25, 0.3) is 27.5 Å². The number of hydrogen-bond donors (Lipinski definition) is 0. The van der Waals surface area contributed by atoms with Crippen molar-refractivity contribution in [2.24, 2.45) is 23.7 Å². The van der Waals surface area contributed by atoms with Crippen LogP contribution in [0.3, 0.4) is 0 Å². The molecular formula is C61H54N2. The smallest absolute Gasteiger partial charge is 0.0708 e. The zero-order valence-corrected chi connectivity index (χ0v) is 36.4. The summed E-state index contributed by atoms with van der Waals surface area (Å²) in [6.45, 7) is 4.99. The Morgan fingerprint density at radius 3 is 1.65 bits per heavy atom. The number of nitrogens with zero attached hydrogens (tertiary/aromatic N) is 2. The molecule has 2 bridgehead atoms. The van der Waals surface area contributed by atoms with E-state index in [0.29, 0.717) is 11.8 Å². The van der Waals surface area contributed by atoms with Crippen LogP contribution in [0.2, 0.25) is 0 Å². The van der Waals surface area contributed by atoms with Crippen LogP contribution in [0, 0.1) is 23.7 Å². The Kier molecular flexibility index (Phi) is 9.08. The van der Waals surface area contributed by atoms with Crippen molar-refractivity contribution in [3.05, 3.63) is 240 Å². The fraction of sp³-hybridized carbons (Fsp3) is 0.213. The van der Waals surface area contributed by atoms with Gasteiger partial charge in [-0.2, -0.15) is 0 Å². The lowest BCUT2D eigenvalue weighted by molar-refractivity contribution is 0.118. The van der Waals surface area contributed by atoms with Gasteiger partial charge in [0.1, 0.15) is 0 Å². The number of fused-ring (bicyclic) bond motifs is 8. The van der Waals surface area contributed by atoms with E-state index in [1.54, 1.807) is 5.56 Å². The average Bonchev–Trinajstić information content (AvgIpc) is 3.49. The van der Waals surface area contributed by atoms with Gasteiger partial charge in [-0.05, 0) is 143 Å². The highest BCUT2D eigenvalue weighted by molar-refractivity contribution is 6.09. The van der Waals surface area contributed by atoms with Crippen molar-refractivity contribution in [2.75, 3.05) is 4.90 Å². The van der Waals surface area contributed by atoms with Crippen molar-refractivity contribution in [1.82, 2.24) is 4.57 Å². The molecule has 2 heteroatoms. The van der Waals surface area contributed by atoms with Gasteiger partial charge in [0.2, 0.25) is 0 Å². The molecule has 0 amide bonds. The lowest BCUT2D eigenvalue weighted by Gasteiger charge is -2.56. The predicted molar refractivity (Wildman–Crippen MR) is 263 cm³/mol. The fourth-order valence-corrected chi connectivity index (χ4v) is 13.3. The van der Waals surface area contributed by atoms with Crippen LogP contribution in [0.1, 0.15) is 79.3 Å². The van der Waals surface area contributed by atoms with Crippen LogP contribution in [0.15, 0.2) is 206 Å². The van der Waals surface area contributed by atoms with Crippen molar-refractivity contribution in [3.63, 3.8) is 0 Å². The zero-order valence-electron chi connectivity index (χ0n) is 36.4. The van der Waals surface area contributed by atoms with Crippen LogP contribution in [-0.2, 0) is 10.8 Å². The molecule has 2 nitrogen and oxygen atoms in total. The summed E-state index contributed by atoms with van der Waals surface area (Å²) in [5.41, 5.74) is 15.0. The second kappa shape index (κ2) is 15.0. The van der Waals surface area contributed by atoms with E-state index in [-0.39, 0.29) is 5.41 Å². The zero-order chi connectivity index (χ0) is 42.1. The molecule has 1 heterocycles. The standard InChI is InChI=1S/C61H54N2/c1-3-43-39-47-38-42(2)37-44(43)41-60(47)54-27-15-16-28-56(54)61(45-19-7-4-8-20-45,46-21-9-5-10-22-46)57-40-51(35-36-55(57)60)62(48-23-11-6-12-24-48)49-31-33-50(34-32-49)63-58-29-17-13-25-52(58)53-26-14-18-30-59(53)63/h4-36,40,42-44,47H,3,37-39,41H2,1-2H3/t42-,43-,44?,47-,60?/m1/s1. The summed E-state index contributed by atoms with van der Waals surface area (Å²) in [5.74, 6) is 2.79. The molecule has 4 aliphatic carbocycles. The van der Waals surface area contributed by atoms with Crippen molar-refractivity contribution < 1.29 is 0 Å². The van der Waals surface area contributed by atoms with Gasteiger partial charge < -0.3 is 9.47 Å². The molecule has 5 atom stereocenters. The predicted octanol–water partition coefficient (Wildman–Crippen LogP) is 15.7. The summed E-state index contributed by atoms with van der Waals surface area (Å²) in [7, 11) is 0. The molecule has 0 radical (unpaired) electrons. The summed E-state index contributed by atoms with van der Waals surface area (Å²) in [5, 5.41) is 2.55. The maximum atomic E-state index is 2.61. The van der Waals surface area contributed by atoms with Gasteiger partial charge in [0.25, 0.3) is 0 Å². The number of hydrogen-bond acceptors (Lipinski definition) is 1. The molecule has 63 heavy (non-hydrogen) atoms. The van der Waals surface area contributed by atoms with Gasteiger partial charge >= 0.3 is 0 Å². The summed E-state index contributed by atoms with van der Waals surface area (Å²) >= 11 is 0. The third kappa shape index (κ3) is 5.70. The molecule has 9 aromatic rings. The Bertz CT molecular complexity index is 3000. The number of anilines is 3. The molecule has 8 aromatic carbocycles. The molecule has 0 saturated heterocycles. The van der Waals surface area contributed by atoms with Crippen LogP contribution in [0.5, 0.6) is 0 Å². The van der Waals surface area contributed by atoms with Gasteiger partial charge in [0.15, 0.2) is 0 Å². The minimum Gasteiger partial charge on any atom is -0.310 e. The van der Waals surface area contributed by atoms with E-state index in [4.69, 9.17) is 0 Å². The minimum absolute atomic E-state index is 0.0693. The van der Waals surface area contributed by atoms with E-state index < -0.39 is 5.41 Å². The third-order valence-corrected chi connectivity index (χ3v) is 15.8. The second-order valence-electron chi connectivity index (χ2n) is 18.9. The minimum atomic E-state index is -0.528. The Labute approximate surface area is 372 Å². The third-order valence-electron chi connectivity index (χ3n) is 15.8.